The van der Waals surface area contributed by atoms with E-state index in [4.69, 9.17) is 4.74 Å². The Labute approximate surface area is 154 Å². The van der Waals surface area contributed by atoms with Gasteiger partial charge in [0.05, 0.1) is 0 Å². The summed E-state index contributed by atoms with van der Waals surface area (Å²) < 4.78 is 5.45. The number of aliphatic hydroxyl groups excluding tert-OH is 1. The molecule has 1 unspecified atom stereocenters. The predicted octanol–water partition coefficient (Wildman–Crippen LogP) is 5.10. The molecule has 0 saturated carbocycles. The summed E-state index contributed by atoms with van der Waals surface area (Å²) in [6, 6.07) is 0. The Morgan fingerprint density at radius 2 is 1.80 bits per heavy atom. The SMILES string of the molecule is C\C=C/C=C\C(=C/C)CC(C)(CO)CCN(CC)C(=O)OC(C)(C)C. The van der Waals surface area contributed by atoms with Gasteiger partial charge in [-0.25, -0.2) is 4.79 Å². The average Bonchev–Trinajstić information content (AvgIpc) is 2.53. The molecule has 0 rings (SSSR count). The maximum atomic E-state index is 12.3. The van der Waals surface area contributed by atoms with Crippen LogP contribution in [0, 0.1) is 5.41 Å². The van der Waals surface area contributed by atoms with Crippen molar-refractivity contribution in [2.24, 2.45) is 5.41 Å². The van der Waals surface area contributed by atoms with Gasteiger partial charge in [0.2, 0.25) is 0 Å². The Bertz CT molecular complexity index is 486. The Morgan fingerprint density at radius 3 is 2.24 bits per heavy atom. The number of amides is 1. The summed E-state index contributed by atoms with van der Waals surface area (Å²) in [7, 11) is 0. The van der Waals surface area contributed by atoms with Crippen LogP contribution in [0.4, 0.5) is 4.79 Å². The molecule has 144 valence electrons. The Kier molecular flexibility index (Phi) is 10.4. The average molecular weight is 352 g/mol. The summed E-state index contributed by atoms with van der Waals surface area (Å²) in [5.41, 5.74) is 0.396. The normalized spacial score (nSPS) is 15.6. The van der Waals surface area contributed by atoms with E-state index in [0.717, 1.165) is 6.42 Å². The third kappa shape index (κ3) is 10.1. The molecule has 25 heavy (non-hydrogen) atoms. The highest BCUT2D eigenvalue weighted by molar-refractivity contribution is 5.68. The number of allylic oxidation sites excluding steroid dienone is 6. The first kappa shape index (κ1) is 23.4. The van der Waals surface area contributed by atoms with Crippen LogP contribution in [0.5, 0.6) is 0 Å². The third-order valence-corrected chi connectivity index (χ3v) is 4.02. The molecule has 4 heteroatoms. The molecule has 0 aromatic rings. The summed E-state index contributed by atoms with van der Waals surface area (Å²) in [4.78, 5) is 14.0. The van der Waals surface area contributed by atoms with Crippen molar-refractivity contribution in [1.29, 1.82) is 0 Å². The molecule has 0 spiro atoms. The predicted molar refractivity (Wildman–Crippen MR) is 106 cm³/mol. The highest BCUT2D eigenvalue weighted by Crippen LogP contribution is 2.30. The zero-order valence-electron chi connectivity index (χ0n) is 17.1. The van der Waals surface area contributed by atoms with Crippen molar-refractivity contribution < 1.29 is 14.6 Å². The number of ether oxygens (including phenoxy) is 1. The highest BCUT2D eigenvalue weighted by Gasteiger charge is 2.27. The second kappa shape index (κ2) is 11.1. The van der Waals surface area contributed by atoms with Crippen LogP contribution in [0.1, 0.15) is 61.3 Å². The van der Waals surface area contributed by atoms with Crippen LogP contribution in [-0.2, 0) is 4.74 Å². The van der Waals surface area contributed by atoms with Crippen molar-refractivity contribution in [3.05, 3.63) is 36.0 Å². The number of aliphatic hydroxyl groups is 1. The van der Waals surface area contributed by atoms with Gasteiger partial charge in [-0.05, 0) is 59.8 Å². The molecule has 1 amide bonds. The summed E-state index contributed by atoms with van der Waals surface area (Å²) >= 11 is 0. The standard InChI is InChI=1S/C21H37NO3/c1-8-11-12-13-18(9-2)16-21(7,17-23)14-15-22(10-3)19(24)25-20(4,5)6/h8-9,11-13,23H,10,14-17H2,1-7H3/b11-8-,13-12-,18-9+. The van der Waals surface area contributed by atoms with Crippen molar-refractivity contribution in [1.82, 2.24) is 4.90 Å². The summed E-state index contributed by atoms with van der Waals surface area (Å²) in [5.74, 6) is 0. The van der Waals surface area contributed by atoms with Gasteiger partial charge in [-0.3, -0.25) is 0 Å². The molecule has 0 radical (unpaired) electrons. The first-order chi connectivity index (χ1) is 11.6. The van der Waals surface area contributed by atoms with E-state index in [0.29, 0.717) is 19.5 Å². The molecule has 0 aromatic carbocycles. The largest absolute Gasteiger partial charge is 0.444 e. The van der Waals surface area contributed by atoms with Gasteiger partial charge in [0.15, 0.2) is 0 Å². The molecule has 1 N–H and O–H groups in total. The quantitative estimate of drug-likeness (QED) is 0.588. The fraction of sp³-hybridized carbons (Fsp3) is 0.667. The molecule has 0 aliphatic rings. The molecule has 0 heterocycles. The van der Waals surface area contributed by atoms with Gasteiger partial charge >= 0.3 is 6.09 Å². The maximum Gasteiger partial charge on any atom is 0.410 e. The van der Waals surface area contributed by atoms with Crippen molar-refractivity contribution >= 4 is 6.09 Å². The minimum absolute atomic E-state index is 0.0771. The molecule has 1 atom stereocenters. The van der Waals surface area contributed by atoms with Crippen LogP contribution in [0.3, 0.4) is 0 Å². The van der Waals surface area contributed by atoms with Crippen molar-refractivity contribution in [3.63, 3.8) is 0 Å². The van der Waals surface area contributed by atoms with Crippen LogP contribution in [0.15, 0.2) is 36.0 Å². The van der Waals surface area contributed by atoms with E-state index in [1.165, 1.54) is 5.57 Å². The first-order valence-corrected chi connectivity index (χ1v) is 9.14. The van der Waals surface area contributed by atoms with Crippen LogP contribution in [0.2, 0.25) is 0 Å². The second-order valence-corrected chi connectivity index (χ2v) is 7.70. The van der Waals surface area contributed by atoms with Gasteiger partial charge in [0, 0.05) is 19.7 Å². The fourth-order valence-corrected chi connectivity index (χ4v) is 2.37. The van der Waals surface area contributed by atoms with Crippen molar-refractivity contribution in [3.8, 4) is 0 Å². The van der Waals surface area contributed by atoms with Gasteiger partial charge < -0.3 is 14.7 Å². The number of hydrogen-bond donors (Lipinski definition) is 1. The van der Waals surface area contributed by atoms with E-state index in [1.807, 2.05) is 59.8 Å². The number of carbonyl (C=O) groups excluding carboxylic acids is 1. The molecule has 0 saturated heterocycles. The summed E-state index contributed by atoms with van der Waals surface area (Å²) in [5, 5.41) is 9.91. The smallest absolute Gasteiger partial charge is 0.410 e. The molecular formula is C21H37NO3. The first-order valence-electron chi connectivity index (χ1n) is 9.14. The summed E-state index contributed by atoms with van der Waals surface area (Å²) in [6.45, 7) is 14.8. The number of hydrogen-bond acceptors (Lipinski definition) is 3. The third-order valence-electron chi connectivity index (χ3n) is 4.02. The number of rotatable bonds is 9. The Hall–Kier alpha value is -1.55. The van der Waals surface area contributed by atoms with Gasteiger partial charge in [0.25, 0.3) is 0 Å². The van der Waals surface area contributed by atoms with E-state index in [2.05, 4.69) is 19.1 Å². The molecule has 0 fully saturated rings. The zero-order valence-corrected chi connectivity index (χ0v) is 17.1. The summed E-state index contributed by atoms with van der Waals surface area (Å²) in [6.07, 6.45) is 11.3. The molecule has 0 aromatic heterocycles. The van der Waals surface area contributed by atoms with Crippen LogP contribution >= 0.6 is 0 Å². The zero-order chi connectivity index (χ0) is 19.5. The lowest BCUT2D eigenvalue weighted by atomic mass is 9.80. The molecule has 0 aliphatic carbocycles. The fourth-order valence-electron chi connectivity index (χ4n) is 2.37. The Balaban J connectivity index is 4.89. The van der Waals surface area contributed by atoms with E-state index in [9.17, 15) is 9.90 Å². The highest BCUT2D eigenvalue weighted by atomic mass is 16.6. The maximum absolute atomic E-state index is 12.3. The lowest BCUT2D eigenvalue weighted by Crippen LogP contribution is -2.39. The number of carbonyl (C=O) groups is 1. The second-order valence-electron chi connectivity index (χ2n) is 7.70. The van der Waals surface area contributed by atoms with Gasteiger partial charge in [-0.2, -0.15) is 0 Å². The molecular weight excluding hydrogens is 314 g/mol. The Morgan fingerprint density at radius 1 is 1.16 bits per heavy atom. The van der Waals surface area contributed by atoms with E-state index in [-0.39, 0.29) is 18.1 Å². The lowest BCUT2D eigenvalue weighted by molar-refractivity contribution is 0.0218. The van der Waals surface area contributed by atoms with Crippen molar-refractivity contribution in [2.45, 2.75) is 66.9 Å². The van der Waals surface area contributed by atoms with E-state index >= 15 is 0 Å². The minimum Gasteiger partial charge on any atom is -0.444 e. The van der Waals surface area contributed by atoms with E-state index in [1.54, 1.807) is 4.90 Å². The van der Waals surface area contributed by atoms with Gasteiger partial charge in [-0.1, -0.05) is 42.9 Å². The van der Waals surface area contributed by atoms with Crippen LogP contribution in [-0.4, -0.2) is 41.4 Å². The minimum atomic E-state index is -0.500. The van der Waals surface area contributed by atoms with E-state index < -0.39 is 5.60 Å². The lowest BCUT2D eigenvalue weighted by Gasteiger charge is -2.32. The number of nitrogens with zero attached hydrogens (tertiary/aromatic N) is 1. The topological polar surface area (TPSA) is 49.8 Å². The van der Waals surface area contributed by atoms with Gasteiger partial charge in [0.1, 0.15) is 5.60 Å². The van der Waals surface area contributed by atoms with Gasteiger partial charge in [-0.15, -0.1) is 0 Å². The molecule has 0 bridgehead atoms. The molecule has 0 aliphatic heterocycles. The monoisotopic (exact) mass is 351 g/mol. The van der Waals surface area contributed by atoms with Crippen LogP contribution in [0.25, 0.3) is 0 Å². The van der Waals surface area contributed by atoms with Crippen molar-refractivity contribution in [2.75, 3.05) is 19.7 Å². The van der Waals surface area contributed by atoms with Crippen LogP contribution < -0.4 is 0 Å². The molecule has 4 nitrogen and oxygen atoms in total.